The standard InChI is InChI=1S/C13H18N2O2/c1-2-10(14)8-17-11-4-5-12-9(7-11)3-6-13(16)15-12/h4-5,7,10H,2-3,6,8,14H2,1H3,(H,15,16). The smallest absolute Gasteiger partial charge is 0.224 e. The number of anilines is 1. The molecule has 1 amide bonds. The third kappa shape index (κ3) is 2.97. The molecule has 0 aliphatic carbocycles. The van der Waals surface area contributed by atoms with Crippen molar-refractivity contribution in [1.29, 1.82) is 0 Å². The molecule has 1 aromatic carbocycles. The molecule has 92 valence electrons. The summed E-state index contributed by atoms with van der Waals surface area (Å²) in [4.78, 5) is 11.2. The van der Waals surface area contributed by atoms with Crippen LogP contribution in [0.1, 0.15) is 25.3 Å². The lowest BCUT2D eigenvalue weighted by Crippen LogP contribution is -2.26. The zero-order valence-corrected chi connectivity index (χ0v) is 10.0. The maximum absolute atomic E-state index is 11.2. The van der Waals surface area contributed by atoms with Gasteiger partial charge in [0, 0.05) is 18.2 Å². The molecule has 1 aliphatic rings. The van der Waals surface area contributed by atoms with Gasteiger partial charge in [-0.25, -0.2) is 0 Å². The average Bonchev–Trinajstić information content (AvgIpc) is 2.35. The number of aryl methyl sites for hydroxylation is 1. The number of nitrogens with two attached hydrogens (primary N) is 1. The van der Waals surface area contributed by atoms with Gasteiger partial charge in [-0.15, -0.1) is 0 Å². The van der Waals surface area contributed by atoms with Crippen LogP contribution < -0.4 is 15.8 Å². The van der Waals surface area contributed by atoms with E-state index in [-0.39, 0.29) is 11.9 Å². The van der Waals surface area contributed by atoms with Crippen LogP contribution >= 0.6 is 0 Å². The van der Waals surface area contributed by atoms with E-state index in [1.54, 1.807) is 0 Å². The first-order valence-corrected chi connectivity index (χ1v) is 6.00. The summed E-state index contributed by atoms with van der Waals surface area (Å²) in [6.45, 7) is 2.57. The van der Waals surface area contributed by atoms with Gasteiger partial charge in [0.1, 0.15) is 12.4 Å². The molecule has 0 saturated carbocycles. The average molecular weight is 234 g/mol. The number of nitrogens with one attached hydrogen (secondary N) is 1. The van der Waals surface area contributed by atoms with Crippen LogP contribution in [0.15, 0.2) is 18.2 Å². The highest BCUT2D eigenvalue weighted by molar-refractivity contribution is 5.93. The van der Waals surface area contributed by atoms with Crippen molar-refractivity contribution in [3.63, 3.8) is 0 Å². The van der Waals surface area contributed by atoms with Gasteiger partial charge in [0.15, 0.2) is 0 Å². The van der Waals surface area contributed by atoms with Gasteiger partial charge in [-0.2, -0.15) is 0 Å². The fraction of sp³-hybridized carbons (Fsp3) is 0.462. The number of carbonyl (C=O) groups excluding carboxylic acids is 1. The van der Waals surface area contributed by atoms with Crippen molar-refractivity contribution in [3.8, 4) is 5.75 Å². The van der Waals surface area contributed by atoms with Crippen molar-refractivity contribution in [1.82, 2.24) is 0 Å². The molecule has 0 saturated heterocycles. The van der Waals surface area contributed by atoms with Gasteiger partial charge in [0.25, 0.3) is 0 Å². The number of hydrogen-bond acceptors (Lipinski definition) is 3. The summed E-state index contributed by atoms with van der Waals surface area (Å²) in [5.41, 5.74) is 7.82. The van der Waals surface area contributed by atoms with E-state index in [9.17, 15) is 4.79 Å². The van der Waals surface area contributed by atoms with Gasteiger partial charge in [-0.3, -0.25) is 4.79 Å². The summed E-state index contributed by atoms with van der Waals surface area (Å²) in [6.07, 6.45) is 2.23. The Balaban J connectivity index is 2.04. The van der Waals surface area contributed by atoms with Crippen molar-refractivity contribution in [2.75, 3.05) is 11.9 Å². The van der Waals surface area contributed by atoms with E-state index in [4.69, 9.17) is 10.5 Å². The van der Waals surface area contributed by atoms with Crippen LogP contribution in [0.4, 0.5) is 5.69 Å². The molecule has 1 heterocycles. The SMILES string of the molecule is CCC(N)COc1ccc2c(c1)CCC(=O)N2. The van der Waals surface area contributed by atoms with E-state index in [2.05, 4.69) is 5.32 Å². The fourth-order valence-corrected chi connectivity index (χ4v) is 1.77. The first kappa shape index (κ1) is 11.9. The van der Waals surface area contributed by atoms with Gasteiger partial charge < -0.3 is 15.8 Å². The molecule has 0 radical (unpaired) electrons. The lowest BCUT2D eigenvalue weighted by molar-refractivity contribution is -0.116. The highest BCUT2D eigenvalue weighted by Gasteiger charge is 2.15. The largest absolute Gasteiger partial charge is 0.492 e. The number of benzene rings is 1. The molecule has 17 heavy (non-hydrogen) atoms. The summed E-state index contributed by atoms with van der Waals surface area (Å²) in [5, 5.41) is 2.84. The predicted octanol–water partition coefficient (Wildman–Crippen LogP) is 1.69. The van der Waals surface area contributed by atoms with Crippen molar-refractivity contribution in [2.24, 2.45) is 5.73 Å². The molecular weight excluding hydrogens is 216 g/mol. The van der Waals surface area contributed by atoms with Gasteiger partial charge in [-0.05, 0) is 36.6 Å². The molecule has 0 fully saturated rings. The number of rotatable bonds is 4. The summed E-state index contributed by atoms with van der Waals surface area (Å²) in [6, 6.07) is 5.81. The number of amides is 1. The zero-order chi connectivity index (χ0) is 12.3. The lowest BCUT2D eigenvalue weighted by atomic mass is 10.0. The Kier molecular flexibility index (Phi) is 3.64. The first-order chi connectivity index (χ1) is 8.19. The van der Waals surface area contributed by atoms with Gasteiger partial charge in [0.2, 0.25) is 5.91 Å². The molecule has 4 nitrogen and oxygen atoms in total. The fourth-order valence-electron chi connectivity index (χ4n) is 1.77. The molecule has 1 unspecified atom stereocenters. The second kappa shape index (κ2) is 5.19. The monoisotopic (exact) mass is 234 g/mol. The predicted molar refractivity (Wildman–Crippen MR) is 67.2 cm³/mol. The molecule has 1 aliphatic heterocycles. The summed E-state index contributed by atoms with van der Waals surface area (Å²) in [7, 11) is 0. The molecule has 3 N–H and O–H groups in total. The summed E-state index contributed by atoms with van der Waals surface area (Å²) >= 11 is 0. The van der Waals surface area contributed by atoms with Gasteiger partial charge >= 0.3 is 0 Å². The van der Waals surface area contributed by atoms with Crippen molar-refractivity contribution in [3.05, 3.63) is 23.8 Å². The van der Waals surface area contributed by atoms with Crippen LogP contribution in [0.25, 0.3) is 0 Å². The maximum atomic E-state index is 11.2. The second-order valence-electron chi connectivity index (χ2n) is 4.35. The highest BCUT2D eigenvalue weighted by atomic mass is 16.5. The Labute approximate surface area is 101 Å². The lowest BCUT2D eigenvalue weighted by Gasteiger charge is -2.18. The molecule has 2 rings (SSSR count). The summed E-state index contributed by atoms with van der Waals surface area (Å²) < 4.78 is 5.61. The highest BCUT2D eigenvalue weighted by Crippen LogP contribution is 2.26. The van der Waals surface area contributed by atoms with Crippen molar-refractivity contribution in [2.45, 2.75) is 32.2 Å². The minimum atomic E-state index is 0.0748. The van der Waals surface area contributed by atoms with Gasteiger partial charge in [0.05, 0.1) is 0 Å². The van der Waals surface area contributed by atoms with E-state index in [0.29, 0.717) is 13.0 Å². The molecule has 4 heteroatoms. The Morgan fingerprint density at radius 2 is 2.29 bits per heavy atom. The normalized spacial score (nSPS) is 16.0. The van der Waals surface area contributed by atoms with Crippen LogP contribution in [0, 0.1) is 0 Å². The quantitative estimate of drug-likeness (QED) is 0.833. The molecule has 0 aromatic heterocycles. The molecule has 1 aromatic rings. The van der Waals surface area contributed by atoms with E-state index in [1.165, 1.54) is 0 Å². The van der Waals surface area contributed by atoms with Crippen molar-refractivity contribution >= 4 is 11.6 Å². The Morgan fingerprint density at radius 3 is 3.06 bits per heavy atom. The van der Waals surface area contributed by atoms with Crippen LogP contribution in [0.5, 0.6) is 5.75 Å². The van der Waals surface area contributed by atoms with E-state index < -0.39 is 0 Å². The van der Waals surface area contributed by atoms with Crippen LogP contribution in [-0.4, -0.2) is 18.6 Å². The number of hydrogen-bond donors (Lipinski definition) is 2. The van der Waals surface area contributed by atoms with Crippen molar-refractivity contribution < 1.29 is 9.53 Å². The Bertz CT molecular complexity index is 418. The molecular formula is C13H18N2O2. The number of fused-ring (bicyclic) bond motifs is 1. The molecule has 0 spiro atoms. The number of ether oxygens (including phenoxy) is 1. The van der Waals surface area contributed by atoms with E-state index in [0.717, 1.165) is 29.8 Å². The van der Waals surface area contributed by atoms with Gasteiger partial charge in [-0.1, -0.05) is 6.92 Å². The summed E-state index contributed by atoms with van der Waals surface area (Å²) in [5.74, 6) is 0.906. The third-order valence-electron chi connectivity index (χ3n) is 2.96. The van der Waals surface area contributed by atoms with Crippen LogP contribution in [0.2, 0.25) is 0 Å². The minimum Gasteiger partial charge on any atom is -0.492 e. The third-order valence-corrected chi connectivity index (χ3v) is 2.96. The first-order valence-electron chi connectivity index (χ1n) is 6.00. The Hall–Kier alpha value is -1.55. The number of carbonyl (C=O) groups is 1. The van der Waals surface area contributed by atoms with Crippen LogP contribution in [0.3, 0.4) is 0 Å². The van der Waals surface area contributed by atoms with E-state index >= 15 is 0 Å². The second-order valence-corrected chi connectivity index (χ2v) is 4.35. The van der Waals surface area contributed by atoms with Crippen LogP contribution in [-0.2, 0) is 11.2 Å². The topological polar surface area (TPSA) is 64.3 Å². The molecule has 1 atom stereocenters. The maximum Gasteiger partial charge on any atom is 0.224 e. The van der Waals surface area contributed by atoms with E-state index in [1.807, 2.05) is 25.1 Å². The zero-order valence-electron chi connectivity index (χ0n) is 10.0. The Morgan fingerprint density at radius 1 is 1.47 bits per heavy atom. The molecule has 0 bridgehead atoms. The minimum absolute atomic E-state index is 0.0748.